The van der Waals surface area contributed by atoms with Crippen LogP contribution in [-0.2, 0) is 9.47 Å². The van der Waals surface area contributed by atoms with Crippen LogP contribution >= 0.6 is 0 Å². The van der Waals surface area contributed by atoms with E-state index in [1.54, 1.807) is 0 Å². The third kappa shape index (κ3) is 7.40. The van der Waals surface area contributed by atoms with Crippen molar-refractivity contribution in [3.63, 3.8) is 0 Å². The van der Waals surface area contributed by atoms with E-state index in [0.717, 1.165) is 24.9 Å². The summed E-state index contributed by atoms with van der Waals surface area (Å²) in [5.74, 6) is 1.75. The van der Waals surface area contributed by atoms with Crippen molar-refractivity contribution in [2.75, 3.05) is 13.2 Å². The van der Waals surface area contributed by atoms with Gasteiger partial charge in [-0.1, -0.05) is 89.5 Å². The second kappa shape index (κ2) is 12.7. The van der Waals surface area contributed by atoms with Gasteiger partial charge in [0.1, 0.15) is 6.10 Å². The number of ether oxygens (including phenoxy) is 2. The molecule has 1 aliphatic heterocycles. The van der Waals surface area contributed by atoms with Gasteiger partial charge in [0.15, 0.2) is 0 Å². The Morgan fingerprint density at radius 2 is 1.38 bits per heavy atom. The summed E-state index contributed by atoms with van der Waals surface area (Å²) in [6.07, 6.45) is 18.0. The van der Waals surface area contributed by atoms with Crippen molar-refractivity contribution < 1.29 is 9.47 Å². The van der Waals surface area contributed by atoms with Gasteiger partial charge in [0.2, 0.25) is 0 Å². The lowest BCUT2D eigenvalue weighted by Crippen LogP contribution is -2.31. The summed E-state index contributed by atoms with van der Waals surface area (Å²) < 4.78 is 12.3. The molecule has 0 N–H and O–H groups in total. The minimum absolute atomic E-state index is 0.116. The summed E-state index contributed by atoms with van der Waals surface area (Å²) in [7, 11) is 0. The summed E-state index contributed by atoms with van der Waals surface area (Å²) in [4.78, 5) is 0. The third-order valence-electron chi connectivity index (χ3n) is 7.19. The van der Waals surface area contributed by atoms with Crippen LogP contribution in [0.5, 0.6) is 0 Å². The molecule has 2 atom stereocenters. The Kier molecular flexibility index (Phi) is 10.0. The van der Waals surface area contributed by atoms with Crippen LogP contribution in [0.3, 0.4) is 0 Å². The van der Waals surface area contributed by atoms with E-state index in [9.17, 15) is 0 Å². The number of unbranched alkanes of at least 4 members (excludes halogenated alkanes) is 5. The van der Waals surface area contributed by atoms with Crippen LogP contribution in [0.1, 0.15) is 120 Å². The van der Waals surface area contributed by atoms with Gasteiger partial charge < -0.3 is 9.47 Å². The molecule has 2 nitrogen and oxygen atoms in total. The van der Waals surface area contributed by atoms with Crippen molar-refractivity contribution in [2.45, 2.75) is 115 Å². The van der Waals surface area contributed by atoms with E-state index in [1.807, 2.05) is 0 Å². The zero-order valence-electron chi connectivity index (χ0n) is 19.0. The van der Waals surface area contributed by atoms with E-state index in [-0.39, 0.29) is 6.10 Å². The van der Waals surface area contributed by atoms with E-state index in [2.05, 4.69) is 38.1 Å². The van der Waals surface area contributed by atoms with Crippen molar-refractivity contribution in [1.82, 2.24) is 0 Å². The molecule has 2 unspecified atom stereocenters. The van der Waals surface area contributed by atoms with E-state index in [0.29, 0.717) is 12.7 Å². The molecule has 0 amide bonds. The molecule has 1 aromatic carbocycles. The van der Waals surface area contributed by atoms with Gasteiger partial charge in [-0.25, -0.2) is 0 Å². The largest absolute Gasteiger partial charge is 0.373 e. The second-order valence-electron chi connectivity index (χ2n) is 9.51. The maximum Gasteiger partial charge on any atom is 0.106 e. The molecule has 2 fully saturated rings. The maximum atomic E-state index is 6.17. The summed E-state index contributed by atoms with van der Waals surface area (Å²) in [6, 6.07) is 9.29. The highest BCUT2D eigenvalue weighted by molar-refractivity contribution is 5.27. The molecule has 0 bridgehead atoms. The molecule has 0 aromatic heterocycles. The highest BCUT2D eigenvalue weighted by Crippen LogP contribution is 2.38. The van der Waals surface area contributed by atoms with Gasteiger partial charge in [0, 0.05) is 0 Å². The fourth-order valence-corrected chi connectivity index (χ4v) is 5.14. The predicted molar refractivity (Wildman–Crippen MR) is 122 cm³/mol. The maximum absolute atomic E-state index is 6.17. The first-order valence-electron chi connectivity index (χ1n) is 12.6. The standard InChI is InChI=1S/C27H44O2/c1-3-5-7-8-9-11-26-20-29-27(21-28-26)25-18-16-24(17-19-25)23-14-12-22(13-15-23)10-6-4-2/h16-19,22-23,26-27H,3-15,20-21H2,1-2H3. The molecule has 1 saturated heterocycles. The second-order valence-corrected chi connectivity index (χ2v) is 9.51. The summed E-state index contributed by atoms with van der Waals surface area (Å²) in [6.45, 7) is 6.04. The Bertz CT molecular complexity index is 536. The number of hydrogen-bond donors (Lipinski definition) is 0. The van der Waals surface area contributed by atoms with Crippen LogP contribution in [0.25, 0.3) is 0 Å². The van der Waals surface area contributed by atoms with Gasteiger partial charge in [0.25, 0.3) is 0 Å². The highest BCUT2D eigenvalue weighted by Gasteiger charge is 2.25. The number of hydrogen-bond acceptors (Lipinski definition) is 2. The molecule has 1 aliphatic carbocycles. The average Bonchev–Trinajstić information content (AvgIpc) is 2.78. The van der Waals surface area contributed by atoms with Gasteiger partial charge in [0.05, 0.1) is 19.3 Å². The third-order valence-corrected chi connectivity index (χ3v) is 7.19. The molecule has 1 saturated carbocycles. The zero-order chi connectivity index (χ0) is 20.3. The molecule has 2 heteroatoms. The number of rotatable bonds is 11. The van der Waals surface area contributed by atoms with Crippen molar-refractivity contribution in [3.8, 4) is 0 Å². The Hall–Kier alpha value is -0.860. The highest BCUT2D eigenvalue weighted by atomic mass is 16.6. The molecule has 3 rings (SSSR count). The fraction of sp³-hybridized carbons (Fsp3) is 0.778. The van der Waals surface area contributed by atoms with Crippen LogP contribution < -0.4 is 0 Å². The minimum atomic E-state index is 0.116. The lowest BCUT2D eigenvalue weighted by atomic mass is 9.77. The van der Waals surface area contributed by atoms with Crippen molar-refractivity contribution in [2.24, 2.45) is 5.92 Å². The van der Waals surface area contributed by atoms with Crippen LogP contribution in [0.4, 0.5) is 0 Å². The van der Waals surface area contributed by atoms with Crippen molar-refractivity contribution >= 4 is 0 Å². The van der Waals surface area contributed by atoms with Crippen LogP contribution in [0.2, 0.25) is 0 Å². The van der Waals surface area contributed by atoms with E-state index in [4.69, 9.17) is 9.47 Å². The first-order chi connectivity index (χ1) is 14.3. The van der Waals surface area contributed by atoms with Crippen molar-refractivity contribution in [3.05, 3.63) is 35.4 Å². The molecule has 1 heterocycles. The summed E-state index contributed by atoms with van der Waals surface area (Å²) in [5.41, 5.74) is 2.82. The first-order valence-corrected chi connectivity index (χ1v) is 12.6. The Balaban J connectivity index is 1.38. The number of benzene rings is 1. The molecule has 0 radical (unpaired) electrons. The lowest BCUT2D eigenvalue weighted by molar-refractivity contribution is -0.137. The summed E-state index contributed by atoms with van der Waals surface area (Å²) in [5, 5.41) is 0. The fourth-order valence-electron chi connectivity index (χ4n) is 5.14. The molecule has 0 spiro atoms. The summed E-state index contributed by atoms with van der Waals surface area (Å²) >= 11 is 0. The molecular weight excluding hydrogens is 356 g/mol. The van der Waals surface area contributed by atoms with E-state index < -0.39 is 0 Å². The van der Waals surface area contributed by atoms with Gasteiger partial charge >= 0.3 is 0 Å². The van der Waals surface area contributed by atoms with Crippen LogP contribution in [0.15, 0.2) is 24.3 Å². The molecular formula is C27H44O2. The Morgan fingerprint density at radius 1 is 0.690 bits per heavy atom. The van der Waals surface area contributed by atoms with Crippen molar-refractivity contribution in [1.29, 1.82) is 0 Å². The normalized spacial score (nSPS) is 27.8. The smallest absolute Gasteiger partial charge is 0.106 e. The molecule has 2 aliphatic rings. The zero-order valence-corrected chi connectivity index (χ0v) is 19.0. The quantitative estimate of drug-likeness (QED) is 0.351. The lowest BCUT2D eigenvalue weighted by Gasteiger charge is -2.31. The van der Waals surface area contributed by atoms with Gasteiger partial charge in [-0.2, -0.15) is 0 Å². The first kappa shape index (κ1) is 22.8. The van der Waals surface area contributed by atoms with E-state index >= 15 is 0 Å². The topological polar surface area (TPSA) is 18.5 Å². The van der Waals surface area contributed by atoms with Gasteiger partial charge in [-0.3, -0.25) is 0 Å². The Labute approximate surface area is 179 Å². The van der Waals surface area contributed by atoms with Gasteiger partial charge in [-0.05, 0) is 55.1 Å². The molecule has 29 heavy (non-hydrogen) atoms. The van der Waals surface area contributed by atoms with Gasteiger partial charge in [-0.15, -0.1) is 0 Å². The average molecular weight is 401 g/mol. The van der Waals surface area contributed by atoms with E-state index in [1.165, 1.54) is 88.2 Å². The molecule has 164 valence electrons. The SMILES string of the molecule is CCCCCCCC1COC(c2ccc(C3CCC(CCCC)CC3)cc2)CO1. The predicted octanol–water partition coefficient (Wildman–Crippen LogP) is 7.97. The minimum Gasteiger partial charge on any atom is -0.373 e. The van der Waals surface area contributed by atoms with Crippen LogP contribution in [-0.4, -0.2) is 19.3 Å². The monoisotopic (exact) mass is 400 g/mol. The molecule has 1 aromatic rings. The van der Waals surface area contributed by atoms with Crippen LogP contribution in [0, 0.1) is 5.92 Å². The Morgan fingerprint density at radius 3 is 2.03 bits per heavy atom.